The van der Waals surface area contributed by atoms with Crippen molar-refractivity contribution >= 4 is 17.7 Å². The maximum Gasteiger partial charge on any atom is 0.345 e. The van der Waals surface area contributed by atoms with Crippen LogP contribution in [0.3, 0.4) is 0 Å². The molecule has 212 valence electrons. The summed E-state index contributed by atoms with van der Waals surface area (Å²) in [6, 6.07) is 7.95. The summed E-state index contributed by atoms with van der Waals surface area (Å²) in [7, 11) is 0. The van der Waals surface area contributed by atoms with Crippen molar-refractivity contribution < 1.29 is 33.7 Å². The van der Waals surface area contributed by atoms with E-state index in [-0.39, 0.29) is 29.6 Å². The van der Waals surface area contributed by atoms with Crippen molar-refractivity contribution in [1.82, 2.24) is 0 Å². The molecule has 0 spiro atoms. The topological polar surface area (TPSA) is 99.1 Å². The zero-order valence-electron chi connectivity index (χ0n) is 24.0. The summed E-state index contributed by atoms with van der Waals surface area (Å²) in [5.41, 5.74) is 3.39. The zero-order valence-corrected chi connectivity index (χ0v) is 24.0. The molecule has 0 fully saturated rings. The molecule has 1 aliphatic carbocycles. The fourth-order valence-electron chi connectivity index (χ4n) is 6.56. The monoisotopic (exact) mass is 546 g/mol. The van der Waals surface area contributed by atoms with Gasteiger partial charge >= 0.3 is 11.9 Å². The number of hydrogen-bond donors (Lipinski definition) is 1. The Morgan fingerprint density at radius 2 is 1.80 bits per heavy atom. The number of hydrogen-bond acceptors (Lipinski definition) is 6. The molecular weight excluding hydrogens is 508 g/mol. The van der Waals surface area contributed by atoms with E-state index in [0.717, 1.165) is 43.2 Å². The maximum absolute atomic E-state index is 14.0. The first-order chi connectivity index (χ1) is 19.0. The lowest BCUT2D eigenvalue weighted by Crippen LogP contribution is -2.48. The van der Waals surface area contributed by atoms with E-state index in [4.69, 9.17) is 14.2 Å². The average Bonchev–Trinajstić information content (AvgIpc) is 2.87. The average molecular weight is 547 g/mol. The summed E-state index contributed by atoms with van der Waals surface area (Å²) in [5, 5.41) is 9.40. The lowest BCUT2D eigenvalue weighted by Gasteiger charge is -2.48. The molecule has 2 aromatic carbocycles. The van der Waals surface area contributed by atoms with Crippen LogP contribution < -0.4 is 9.47 Å². The van der Waals surface area contributed by atoms with Crippen LogP contribution in [0.5, 0.6) is 11.5 Å². The number of carboxylic acids is 1. The number of ether oxygens (including phenoxy) is 3. The highest BCUT2D eigenvalue weighted by Gasteiger charge is 2.52. The van der Waals surface area contributed by atoms with Gasteiger partial charge in [-0.15, -0.1) is 0 Å². The number of aryl methyl sites for hydroxylation is 1. The molecule has 3 aliphatic rings. The molecule has 3 atom stereocenters. The zero-order chi connectivity index (χ0) is 28.8. The Kier molecular flexibility index (Phi) is 7.28. The van der Waals surface area contributed by atoms with Gasteiger partial charge in [-0.1, -0.05) is 43.5 Å². The van der Waals surface area contributed by atoms with Crippen LogP contribution in [0.2, 0.25) is 0 Å². The summed E-state index contributed by atoms with van der Waals surface area (Å²) in [4.78, 5) is 38.0. The highest BCUT2D eigenvalue weighted by molar-refractivity contribution is 5.97. The van der Waals surface area contributed by atoms with Crippen molar-refractivity contribution in [3.63, 3.8) is 0 Å². The van der Waals surface area contributed by atoms with Gasteiger partial charge in [0.05, 0.1) is 12.0 Å². The summed E-state index contributed by atoms with van der Waals surface area (Å²) < 4.78 is 19.5. The molecule has 0 saturated heterocycles. The minimum Gasteiger partial charge on any atom is -0.487 e. The highest BCUT2D eigenvalue weighted by Crippen LogP contribution is 2.57. The van der Waals surface area contributed by atoms with Gasteiger partial charge in [0.25, 0.3) is 5.79 Å². The SMILES string of the molecule is CCCCCc1cc2c(c3c1C(=O)OC(CC(C)=O)(c1ccc(C(=O)O)cc1)O3)C1C=C(C)CCC1C(C)(C)O2. The molecule has 2 heterocycles. The summed E-state index contributed by atoms with van der Waals surface area (Å²) >= 11 is 0. The number of allylic oxidation sites excluding steroid dienone is 2. The molecule has 0 bridgehead atoms. The van der Waals surface area contributed by atoms with Crippen molar-refractivity contribution in [1.29, 1.82) is 0 Å². The molecule has 0 saturated carbocycles. The van der Waals surface area contributed by atoms with Crippen LogP contribution in [0.1, 0.15) is 116 Å². The van der Waals surface area contributed by atoms with Gasteiger partial charge in [-0.3, -0.25) is 4.79 Å². The number of aromatic carboxylic acids is 1. The minimum absolute atomic E-state index is 0.0266. The molecule has 7 nitrogen and oxygen atoms in total. The number of carbonyl (C=O) groups excluding carboxylic acids is 2. The highest BCUT2D eigenvalue weighted by atomic mass is 16.7. The van der Waals surface area contributed by atoms with Crippen LogP contribution in [-0.2, 0) is 21.7 Å². The first-order valence-corrected chi connectivity index (χ1v) is 14.3. The maximum atomic E-state index is 14.0. The third kappa shape index (κ3) is 4.91. The number of carbonyl (C=O) groups is 3. The molecule has 7 heteroatoms. The van der Waals surface area contributed by atoms with Crippen LogP contribution in [-0.4, -0.2) is 28.4 Å². The number of unbranched alkanes of at least 4 members (excludes halogenated alkanes) is 2. The van der Waals surface area contributed by atoms with Crippen molar-refractivity contribution in [2.75, 3.05) is 0 Å². The standard InChI is InChI=1S/C33H38O7/c1-6-7-8-9-22-17-26-28(24-16-19(2)10-15-25(24)32(4,5)38-26)29-27(22)31(37)40-33(39-29,18-20(3)34)23-13-11-21(12-14-23)30(35)36/h11-14,16-17,24-25H,6-10,15,18H2,1-5H3,(H,35,36). The Balaban J connectivity index is 1.73. The second-order valence-electron chi connectivity index (χ2n) is 12.0. The van der Waals surface area contributed by atoms with Gasteiger partial charge in [0.1, 0.15) is 28.4 Å². The first-order valence-electron chi connectivity index (χ1n) is 14.3. The molecule has 2 aliphatic heterocycles. The van der Waals surface area contributed by atoms with Gasteiger partial charge in [0.2, 0.25) is 0 Å². The number of carboxylic acid groups (broad SMARTS) is 1. The van der Waals surface area contributed by atoms with Crippen LogP contribution in [0.25, 0.3) is 0 Å². The third-order valence-electron chi connectivity index (χ3n) is 8.54. The van der Waals surface area contributed by atoms with Crippen LogP contribution in [0.15, 0.2) is 42.0 Å². The molecule has 2 aromatic rings. The van der Waals surface area contributed by atoms with Crippen LogP contribution >= 0.6 is 0 Å². The predicted molar refractivity (Wildman–Crippen MR) is 150 cm³/mol. The van der Waals surface area contributed by atoms with Crippen molar-refractivity contribution in [2.45, 2.75) is 96.9 Å². The van der Waals surface area contributed by atoms with Gasteiger partial charge in [0.15, 0.2) is 0 Å². The Bertz CT molecular complexity index is 1380. The first kappa shape index (κ1) is 27.9. The smallest absolute Gasteiger partial charge is 0.345 e. The van der Waals surface area contributed by atoms with E-state index in [0.29, 0.717) is 29.0 Å². The van der Waals surface area contributed by atoms with Crippen molar-refractivity contribution in [2.24, 2.45) is 5.92 Å². The van der Waals surface area contributed by atoms with E-state index < -0.39 is 23.3 Å². The molecule has 0 radical (unpaired) electrons. The molecule has 5 rings (SSSR count). The third-order valence-corrected chi connectivity index (χ3v) is 8.54. The van der Waals surface area contributed by atoms with Crippen LogP contribution in [0, 0.1) is 5.92 Å². The molecule has 0 aromatic heterocycles. The number of esters is 1. The quantitative estimate of drug-likeness (QED) is 0.214. The van der Waals surface area contributed by atoms with E-state index in [1.165, 1.54) is 24.6 Å². The van der Waals surface area contributed by atoms with Gasteiger partial charge < -0.3 is 19.3 Å². The summed E-state index contributed by atoms with van der Waals surface area (Å²) in [6.07, 6.45) is 7.62. The van der Waals surface area contributed by atoms with Crippen molar-refractivity contribution in [3.05, 3.63) is 69.8 Å². The number of rotatable bonds is 8. The van der Waals surface area contributed by atoms with Crippen LogP contribution in [0.4, 0.5) is 0 Å². The fourth-order valence-corrected chi connectivity index (χ4v) is 6.56. The molecule has 3 unspecified atom stereocenters. The normalized spacial score (nSPS) is 24.3. The summed E-state index contributed by atoms with van der Waals surface area (Å²) in [6.45, 7) is 9.93. The number of cyclic esters (lactones) is 1. The van der Waals surface area contributed by atoms with E-state index in [2.05, 4.69) is 33.8 Å². The van der Waals surface area contributed by atoms with Gasteiger partial charge in [0, 0.05) is 23.0 Å². The Morgan fingerprint density at radius 3 is 2.45 bits per heavy atom. The Morgan fingerprint density at radius 1 is 1.07 bits per heavy atom. The largest absolute Gasteiger partial charge is 0.487 e. The summed E-state index contributed by atoms with van der Waals surface area (Å²) in [5.74, 6) is -2.30. The second kappa shape index (κ2) is 10.4. The van der Waals surface area contributed by atoms with Crippen molar-refractivity contribution in [3.8, 4) is 11.5 Å². The number of fused-ring (bicyclic) bond motifs is 5. The minimum atomic E-state index is -1.72. The molecular formula is C33H38O7. The van der Waals surface area contributed by atoms with Gasteiger partial charge in [-0.05, 0) is 77.1 Å². The van der Waals surface area contributed by atoms with Gasteiger partial charge in [-0.2, -0.15) is 0 Å². The fraction of sp³-hybridized carbons (Fsp3) is 0.485. The number of Topliss-reactive ketones (excluding diaryl/α,β-unsaturated/α-hetero) is 1. The molecule has 1 N–H and O–H groups in total. The Hall–Kier alpha value is -3.61. The second-order valence-corrected chi connectivity index (χ2v) is 12.0. The number of ketones is 1. The molecule has 0 amide bonds. The van der Waals surface area contributed by atoms with E-state index in [1.807, 2.05) is 6.07 Å². The van der Waals surface area contributed by atoms with E-state index in [1.54, 1.807) is 12.1 Å². The predicted octanol–water partition coefficient (Wildman–Crippen LogP) is 7.11. The lowest BCUT2D eigenvalue weighted by atomic mass is 9.67. The van der Waals surface area contributed by atoms with E-state index >= 15 is 0 Å². The number of benzene rings is 2. The Labute approximate surface area is 235 Å². The molecule has 40 heavy (non-hydrogen) atoms. The lowest BCUT2D eigenvalue weighted by molar-refractivity contribution is -0.172. The van der Waals surface area contributed by atoms with E-state index in [9.17, 15) is 19.5 Å². The van der Waals surface area contributed by atoms with Gasteiger partial charge in [-0.25, -0.2) is 9.59 Å².